The molecule has 2 atom stereocenters. The molecule has 1 aromatic carbocycles. The first-order valence-corrected chi connectivity index (χ1v) is 6.22. The second-order valence-corrected chi connectivity index (χ2v) is 5.14. The Morgan fingerprint density at radius 2 is 2.15 bits per heavy atom. The van der Waals surface area contributed by atoms with E-state index < -0.39 is 11.5 Å². The lowest BCUT2D eigenvalue weighted by molar-refractivity contribution is -0.796. The van der Waals surface area contributed by atoms with Gasteiger partial charge in [-0.15, -0.1) is 0 Å². The number of aliphatic carboxylic acids is 1. The Balaban J connectivity index is 2.28. The van der Waals surface area contributed by atoms with Crippen LogP contribution in [0.1, 0.15) is 12.5 Å². The van der Waals surface area contributed by atoms with Gasteiger partial charge in [-0.05, 0) is 0 Å². The largest absolute Gasteiger partial charge is 0.542 e. The highest BCUT2D eigenvalue weighted by molar-refractivity contribution is 5.79. The maximum atomic E-state index is 11.2. The van der Waals surface area contributed by atoms with Crippen molar-refractivity contribution in [2.24, 2.45) is 4.99 Å². The standard InChI is InChI=1S/C15H15N3O2/c1-15(16-2,14(19)20)11-18(9-8-17-12-18)10-13-6-4-3-5-7-13/h3-9,12H,10-11H2,1H3. The molecule has 1 aromatic rings. The number of carbonyl (C=O) groups is 1. The summed E-state index contributed by atoms with van der Waals surface area (Å²) >= 11 is 0. The van der Waals surface area contributed by atoms with Crippen LogP contribution in [-0.4, -0.2) is 28.9 Å². The Morgan fingerprint density at radius 1 is 1.45 bits per heavy atom. The van der Waals surface area contributed by atoms with Crippen LogP contribution in [-0.2, 0) is 11.3 Å². The van der Waals surface area contributed by atoms with Gasteiger partial charge in [-0.25, -0.2) is 16.0 Å². The molecule has 0 fully saturated rings. The zero-order valence-corrected chi connectivity index (χ0v) is 11.2. The first-order valence-electron chi connectivity index (χ1n) is 6.22. The van der Waals surface area contributed by atoms with Crippen molar-refractivity contribution in [3.05, 3.63) is 59.7 Å². The maximum absolute atomic E-state index is 11.2. The lowest BCUT2D eigenvalue weighted by Crippen LogP contribution is -2.56. The summed E-state index contributed by atoms with van der Waals surface area (Å²) in [5.74, 6) is -1.35. The van der Waals surface area contributed by atoms with Crippen LogP contribution in [0.2, 0.25) is 0 Å². The molecule has 0 N–H and O–H groups in total. The Morgan fingerprint density at radius 3 is 2.65 bits per heavy atom. The van der Waals surface area contributed by atoms with E-state index in [1.165, 1.54) is 6.92 Å². The van der Waals surface area contributed by atoms with Crippen LogP contribution in [0, 0.1) is 6.57 Å². The topological polar surface area (TPSA) is 56.8 Å². The van der Waals surface area contributed by atoms with Crippen molar-refractivity contribution in [2.75, 3.05) is 6.54 Å². The molecule has 0 bridgehead atoms. The molecule has 1 aliphatic heterocycles. The lowest BCUT2D eigenvalue weighted by Gasteiger charge is -2.31. The third-order valence-corrected chi connectivity index (χ3v) is 3.35. The van der Waals surface area contributed by atoms with Gasteiger partial charge in [0.05, 0.1) is 6.20 Å². The molecule has 0 saturated carbocycles. The smallest absolute Gasteiger partial charge is 0.317 e. The molecule has 0 aliphatic carbocycles. The predicted molar refractivity (Wildman–Crippen MR) is 72.9 cm³/mol. The van der Waals surface area contributed by atoms with Crippen LogP contribution in [0.15, 0.2) is 47.7 Å². The highest BCUT2D eigenvalue weighted by atomic mass is 16.4. The molecule has 0 amide bonds. The number of carboxylic acids is 1. The van der Waals surface area contributed by atoms with Crippen LogP contribution < -0.4 is 5.11 Å². The summed E-state index contributed by atoms with van der Waals surface area (Å²) < 4.78 is 0.205. The van der Waals surface area contributed by atoms with E-state index in [1.807, 2.05) is 30.3 Å². The second kappa shape index (κ2) is 5.27. The molecule has 2 rings (SSSR count). The SMILES string of the molecule is [C-]#[N+]C(C)(C[N+]1(Cc2ccccc2)C=CN=C1)C(=O)[O-]. The first kappa shape index (κ1) is 14.0. The monoisotopic (exact) mass is 269 g/mol. The maximum Gasteiger partial charge on any atom is 0.317 e. The average molecular weight is 269 g/mol. The zero-order chi connectivity index (χ0) is 14.6. The summed E-state index contributed by atoms with van der Waals surface area (Å²) in [5, 5.41) is 11.2. The van der Waals surface area contributed by atoms with E-state index in [2.05, 4.69) is 9.84 Å². The lowest BCUT2D eigenvalue weighted by atomic mass is 10.0. The highest BCUT2D eigenvalue weighted by Crippen LogP contribution is 2.23. The number of quaternary nitrogens is 1. The fraction of sp³-hybridized carbons (Fsp3) is 0.267. The summed E-state index contributed by atoms with van der Waals surface area (Å²) in [5.41, 5.74) is -0.522. The molecule has 5 heteroatoms. The summed E-state index contributed by atoms with van der Waals surface area (Å²) in [4.78, 5) is 18.5. The summed E-state index contributed by atoms with van der Waals surface area (Å²) in [6.45, 7) is 9.18. The minimum Gasteiger partial charge on any atom is -0.542 e. The molecule has 1 heterocycles. The van der Waals surface area contributed by atoms with Crippen molar-refractivity contribution >= 4 is 12.3 Å². The molecule has 1 aliphatic rings. The fourth-order valence-corrected chi connectivity index (χ4v) is 2.27. The van der Waals surface area contributed by atoms with E-state index >= 15 is 0 Å². The number of hydrogen-bond acceptors (Lipinski definition) is 3. The number of nitrogens with zero attached hydrogens (tertiary/aromatic N) is 3. The van der Waals surface area contributed by atoms with Gasteiger partial charge in [0.1, 0.15) is 18.7 Å². The molecule has 102 valence electrons. The van der Waals surface area contributed by atoms with Gasteiger partial charge < -0.3 is 9.90 Å². The van der Waals surface area contributed by atoms with E-state index in [-0.39, 0.29) is 11.0 Å². The van der Waals surface area contributed by atoms with Crippen molar-refractivity contribution in [3.8, 4) is 0 Å². The van der Waals surface area contributed by atoms with Gasteiger partial charge in [-0.2, -0.15) is 0 Å². The minimum absolute atomic E-state index is 0.0910. The van der Waals surface area contributed by atoms with Gasteiger partial charge in [0.2, 0.25) is 0 Å². The van der Waals surface area contributed by atoms with Crippen molar-refractivity contribution < 1.29 is 14.4 Å². The molecule has 20 heavy (non-hydrogen) atoms. The number of rotatable bonds is 5. The predicted octanol–water partition coefficient (Wildman–Crippen LogP) is 0.944. The minimum atomic E-state index is -1.57. The number of carbonyl (C=O) groups excluding carboxylic acids is 1. The summed E-state index contributed by atoms with van der Waals surface area (Å²) in [6.07, 6.45) is 5.10. The normalized spacial score (nSPS) is 23.2. The quantitative estimate of drug-likeness (QED) is 0.590. The molecule has 0 saturated heterocycles. The van der Waals surface area contributed by atoms with Gasteiger partial charge in [0.25, 0.3) is 0 Å². The Hall–Kier alpha value is -2.45. The van der Waals surface area contributed by atoms with Gasteiger partial charge in [-0.1, -0.05) is 30.3 Å². The Kier molecular flexibility index (Phi) is 3.68. The molecule has 0 radical (unpaired) electrons. The van der Waals surface area contributed by atoms with Crippen molar-refractivity contribution in [1.82, 2.24) is 0 Å². The van der Waals surface area contributed by atoms with Crippen LogP contribution in [0.5, 0.6) is 0 Å². The van der Waals surface area contributed by atoms with Crippen molar-refractivity contribution in [2.45, 2.75) is 19.0 Å². The Labute approximate surface area is 117 Å². The summed E-state index contributed by atoms with van der Waals surface area (Å²) in [7, 11) is 0. The zero-order valence-electron chi connectivity index (χ0n) is 11.2. The van der Waals surface area contributed by atoms with E-state index in [0.717, 1.165) is 5.56 Å². The van der Waals surface area contributed by atoms with Crippen LogP contribution >= 0.6 is 0 Å². The van der Waals surface area contributed by atoms with Gasteiger partial charge in [0.15, 0.2) is 12.9 Å². The van der Waals surface area contributed by atoms with Gasteiger partial charge >= 0.3 is 5.54 Å². The van der Waals surface area contributed by atoms with E-state index in [1.54, 1.807) is 18.7 Å². The van der Waals surface area contributed by atoms with Crippen molar-refractivity contribution in [1.29, 1.82) is 0 Å². The van der Waals surface area contributed by atoms with Crippen LogP contribution in [0.25, 0.3) is 4.85 Å². The average Bonchev–Trinajstić information content (AvgIpc) is 2.87. The molecular weight excluding hydrogens is 254 g/mol. The van der Waals surface area contributed by atoms with E-state index in [4.69, 9.17) is 6.57 Å². The fourth-order valence-electron chi connectivity index (χ4n) is 2.27. The number of aliphatic imine (C=N–C) groups is 1. The second-order valence-electron chi connectivity index (χ2n) is 5.14. The molecule has 2 unspecified atom stereocenters. The van der Waals surface area contributed by atoms with Crippen LogP contribution in [0.4, 0.5) is 0 Å². The number of hydrogen-bond donors (Lipinski definition) is 0. The van der Waals surface area contributed by atoms with Crippen LogP contribution in [0.3, 0.4) is 0 Å². The third-order valence-electron chi connectivity index (χ3n) is 3.35. The number of benzene rings is 1. The first-order chi connectivity index (χ1) is 9.50. The Bertz CT molecular complexity index is 589. The molecule has 5 nitrogen and oxygen atoms in total. The van der Waals surface area contributed by atoms with E-state index in [9.17, 15) is 9.90 Å². The van der Waals surface area contributed by atoms with Crippen molar-refractivity contribution in [3.63, 3.8) is 0 Å². The highest BCUT2D eigenvalue weighted by Gasteiger charge is 2.44. The number of carboxylic acid groups (broad SMARTS) is 1. The van der Waals surface area contributed by atoms with Gasteiger partial charge in [0, 0.05) is 12.5 Å². The molecular formula is C15H15N3O2. The molecule has 0 aromatic heterocycles. The molecule has 0 spiro atoms. The van der Waals surface area contributed by atoms with Gasteiger partial charge in [-0.3, -0.25) is 4.85 Å². The van der Waals surface area contributed by atoms with E-state index in [0.29, 0.717) is 6.54 Å². The third kappa shape index (κ3) is 2.76. The summed E-state index contributed by atoms with van der Waals surface area (Å²) in [6, 6.07) is 9.71.